The largest absolute Gasteiger partial charge is 0.213 e. The Morgan fingerprint density at radius 2 is 1.52 bits per heavy atom. The Balaban J connectivity index is 2.10. The number of fused-ring (bicyclic) bond motifs is 3. The van der Waals surface area contributed by atoms with E-state index >= 15 is 0 Å². The van der Waals surface area contributed by atoms with Crippen LogP contribution in [0.15, 0.2) is 66.9 Å². The predicted octanol–water partition coefficient (Wildman–Crippen LogP) is 7.20. The number of aromatic nitrogens is 1. The van der Waals surface area contributed by atoms with E-state index in [4.69, 9.17) is 0 Å². The monoisotopic (exact) mass is 384 g/mol. The maximum Gasteiger partial charge on any atom is 0.213 e. The van der Waals surface area contributed by atoms with Gasteiger partial charge in [-0.25, -0.2) is 0 Å². The molecule has 2 aromatic carbocycles. The summed E-state index contributed by atoms with van der Waals surface area (Å²) in [6, 6.07) is 22.4. The SMILES string of the molecule is CCCC1(CC)[n+]2cc(-c3ccccc3)c(C)cc2-c2ccccc2C1(C)CC. The Kier molecular flexibility index (Phi) is 5.11. The van der Waals surface area contributed by atoms with Crippen molar-refractivity contribution in [3.8, 4) is 22.4 Å². The first-order valence-electron chi connectivity index (χ1n) is 11.2. The highest BCUT2D eigenvalue weighted by Gasteiger charge is 2.58. The molecule has 2 unspecified atom stereocenters. The summed E-state index contributed by atoms with van der Waals surface area (Å²) in [5, 5.41) is 0. The van der Waals surface area contributed by atoms with Gasteiger partial charge in [-0.2, -0.15) is 4.57 Å². The lowest BCUT2D eigenvalue weighted by molar-refractivity contribution is -0.769. The van der Waals surface area contributed by atoms with E-state index in [9.17, 15) is 0 Å². The van der Waals surface area contributed by atoms with Gasteiger partial charge >= 0.3 is 0 Å². The fourth-order valence-corrected chi connectivity index (χ4v) is 5.91. The van der Waals surface area contributed by atoms with Gasteiger partial charge in [0.1, 0.15) is 0 Å². The van der Waals surface area contributed by atoms with Crippen LogP contribution in [-0.4, -0.2) is 0 Å². The van der Waals surface area contributed by atoms with Crippen molar-refractivity contribution in [2.24, 2.45) is 0 Å². The Morgan fingerprint density at radius 1 is 0.828 bits per heavy atom. The molecule has 0 saturated carbocycles. The molecule has 0 bridgehead atoms. The molecule has 0 fully saturated rings. The van der Waals surface area contributed by atoms with Crippen molar-refractivity contribution in [1.29, 1.82) is 0 Å². The second kappa shape index (κ2) is 7.44. The molecule has 0 radical (unpaired) electrons. The minimum Gasteiger partial charge on any atom is -0.191 e. The van der Waals surface area contributed by atoms with Crippen LogP contribution in [0.4, 0.5) is 0 Å². The average Bonchev–Trinajstić information content (AvgIpc) is 2.77. The van der Waals surface area contributed by atoms with Gasteiger partial charge in [0.05, 0.1) is 11.0 Å². The molecule has 1 aromatic heterocycles. The molecular weight excluding hydrogens is 350 g/mol. The van der Waals surface area contributed by atoms with Crippen molar-refractivity contribution in [3.63, 3.8) is 0 Å². The van der Waals surface area contributed by atoms with E-state index in [2.05, 4.69) is 106 Å². The topological polar surface area (TPSA) is 3.88 Å². The Labute approximate surface area is 176 Å². The zero-order valence-corrected chi connectivity index (χ0v) is 18.6. The summed E-state index contributed by atoms with van der Waals surface area (Å²) in [7, 11) is 0. The summed E-state index contributed by atoms with van der Waals surface area (Å²) in [6.45, 7) is 11.8. The summed E-state index contributed by atoms with van der Waals surface area (Å²) in [4.78, 5) is 0. The second-order valence-corrected chi connectivity index (χ2v) is 8.86. The molecular formula is C28H34N+. The number of pyridine rings is 1. The van der Waals surface area contributed by atoms with Crippen LogP contribution in [0.5, 0.6) is 0 Å². The molecule has 0 amide bonds. The summed E-state index contributed by atoms with van der Waals surface area (Å²) in [5.41, 5.74) is 8.48. The fraction of sp³-hybridized carbons (Fsp3) is 0.393. The van der Waals surface area contributed by atoms with Crippen LogP contribution in [0.25, 0.3) is 22.4 Å². The molecule has 2 heterocycles. The molecule has 150 valence electrons. The maximum absolute atomic E-state index is 2.66. The smallest absolute Gasteiger partial charge is 0.191 e. The third-order valence-electron chi connectivity index (χ3n) is 7.62. The summed E-state index contributed by atoms with van der Waals surface area (Å²) in [5.74, 6) is 0. The molecule has 1 heteroatoms. The van der Waals surface area contributed by atoms with Crippen molar-refractivity contribution in [2.45, 2.75) is 71.3 Å². The molecule has 1 aliphatic rings. The predicted molar refractivity (Wildman–Crippen MR) is 123 cm³/mol. The van der Waals surface area contributed by atoms with E-state index in [1.165, 1.54) is 46.4 Å². The van der Waals surface area contributed by atoms with Gasteiger partial charge in [0.15, 0.2) is 11.7 Å². The highest BCUT2D eigenvalue weighted by Crippen LogP contribution is 2.52. The molecule has 2 atom stereocenters. The highest BCUT2D eigenvalue weighted by molar-refractivity contribution is 5.71. The van der Waals surface area contributed by atoms with Crippen molar-refractivity contribution in [3.05, 3.63) is 78.0 Å². The van der Waals surface area contributed by atoms with E-state index in [1.807, 2.05) is 0 Å². The van der Waals surface area contributed by atoms with E-state index in [-0.39, 0.29) is 11.0 Å². The first-order valence-corrected chi connectivity index (χ1v) is 11.2. The number of nitrogens with zero attached hydrogens (tertiary/aromatic N) is 1. The van der Waals surface area contributed by atoms with Crippen molar-refractivity contribution in [1.82, 2.24) is 0 Å². The molecule has 0 aliphatic carbocycles. The molecule has 1 aliphatic heterocycles. The first-order chi connectivity index (χ1) is 14.0. The molecule has 4 rings (SSSR count). The van der Waals surface area contributed by atoms with Gasteiger partial charge in [-0.1, -0.05) is 69.3 Å². The van der Waals surface area contributed by atoms with Crippen LogP contribution in [0, 0.1) is 6.92 Å². The third-order valence-corrected chi connectivity index (χ3v) is 7.62. The molecule has 1 nitrogen and oxygen atoms in total. The normalized spacial score (nSPS) is 22.8. The zero-order valence-electron chi connectivity index (χ0n) is 18.6. The van der Waals surface area contributed by atoms with Crippen LogP contribution in [0.2, 0.25) is 0 Å². The van der Waals surface area contributed by atoms with Crippen molar-refractivity contribution >= 4 is 0 Å². The zero-order chi connectivity index (χ0) is 20.6. The Morgan fingerprint density at radius 3 is 2.17 bits per heavy atom. The summed E-state index contributed by atoms with van der Waals surface area (Å²) >= 11 is 0. The lowest BCUT2D eigenvalue weighted by Crippen LogP contribution is -2.69. The fourth-order valence-electron chi connectivity index (χ4n) is 5.91. The van der Waals surface area contributed by atoms with Gasteiger partial charge in [0, 0.05) is 24.5 Å². The third kappa shape index (κ3) is 2.78. The lowest BCUT2D eigenvalue weighted by Gasteiger charge is -2.48. The van der Waals surface area contributed by atoms with Gasteiger partial charge in [-0.3, -0.25) is 0 Å². The van der Waals surface area contributed by atoms with Crippen LogP contribution >= 0.6 is 0 Å². The lowest BCUT2D eigenvalue weighted by atomic mass is 9.58. The summed E-state index contributed by atoms with van der Waals surface area (Å²) < 4.78 is 2.66. The molecule has 29 heavy (non-hydrogen) atoms. The van der Waals surface area contributed by atoms with Crippen LogP contribution in [0.3, 0.4) is 0 Å². The molecule has 0 N–H and O–H groups in total. The molecule has 0 spiro atoms. The minimum atomic E-state index is 0.0808. The van der Waals surface area contributed by atoms with Gasteiger partial charge < -0.3 is 0 Å². The number of hydrogen-bond acceptors (Lipinski definition) is 0. The standard InChI is InChI=1S/C28H34N/c1-6-18-28(8-3)27(5,7-2)25-17-13-12-16-23(25)26-19-21(4)24(20-29(26)28)22-14-10-9-11-15-22/h9-17,19-20H,6-8,18H2,1-5H3/q+1. The summed E-state index contributed by atoms with van der Waals surface area (Å²) in [6.07, 6.45) is 7.11. The van der Waals surface area contributed by atoms with Gasteiger partial charge in [0.25, 0.3) is 0 Å². The Bertz CT molecular complexity index is 1020. The quantitative estimate of drug-likeness (QED) is 0.409. The van der Waals surface area contributed by atoms with E-state index in [0.29, 0.717) is 0 Å². The van der Waals surface area contributed by atoms with Crippen molar-refractivity contribution < 1.29 is 4.57 Å². The maximum atomic E-state index is 2.66. The molecule has 0 saturated heterocycles. The average molecular weight is 385 g/mol. The first kappa shape index (κ1) is 19.9. The number of aryl methyl sites for hydroxylation is 1. The number of hydrogen-bond donors (Lipinski definition) is 0. The van der Waals surface area contributed by atoms with E-state index in [1.54, 1.807) is 0 Å². The number of benzene rings is 2. The number of rotatable bonds is 5. The van der Waals surface area contributed by atoms with Crippen LogP contribution < -0.4 is 4.57 Å². The van der Waals surface area contributed by atoms with Gasteiger partial charge in [-0.05, 0) is 49.4 Å². The van der Waals surface area contributed by atoms with E-state index in [0.717, 1.165) is 12.8 Å². The highest BCUT2D eigenvalue weighted by atomic mass is 15.1. The Hall–Kier alpha value is -2.41. The van der Waals surface area contributed by atoms with E-state index < -0.39 is 0 Å². The van der Waals surface area contributed by atoms with Crippen LogP contribution in [-0.2, 0) is 11.0 Å². The second-order valence-electron chi connectivity index (χ2n) is 8.86. The van der Waals surface area contributed by atoms with Crippen molar-refractivity contribution in [2.75, 3.05) is 0 Å². The minimum absolute atomic E-state index is 0.0808. The van der Waals surface area contributed by atoms with Crippen LogP contribution in [0.1, 0.15) is 64.5 Å². The van der Waals surface area contributed by atoms with Gasteiger partial charge in [0.2, 0.25) is 5.69 Å². The van der Waals surface area contributed by atoms with Gasteiger partial charge in [-0.15, -0.1) is 0 Å². The molecule has 3 aromatic rings.